The molecule has 1 aliphatic rings. The Bertz CT molecular complexity index is 479. The minimum atomic E-state index is -0.792. The van der Waals surface area contributed by atoms with Crippen LogP contribution in [0.25, 0.3) is 0 Å². The van der Waals surface area contributed by atoms with Gasteiger partial charge in [-0.15, -0.1) is 0 Å². The largest absolute Gasteiger partial charge is 0.481 e. The van der Waals surface area contributed by atoms with Gasteiger partial charge in [-0.25, -0.2) is 4.39 Å². The molecule has 0 unspecified atom stereocenters. The summed E-state index contributed by atoms with van der Waals surface area (Å²) in [5.74, 6) is -0.598. The van der Waals surface area contributed by atoms with Crippen molar-refractivity contribution < 1.29 is 14.3 Å². The highest BCUT2D eigenvalue weighted by atomic mass is 35.5. The first-order chi connectivity index (χ1) is 8.93. The normalized spacial score (nSPS) is 27.2. The van der Waals surface area contributed by atoms with Gasteiger partial charge in [-0.1, -0.05) is 18.5 Å². The predicted octanol–water partition coefficient (Wildman–Crippen LogP) is 4.30. The third-order valence-electron chi connectivity index (χ3n) is 4.22. The van der Waals surface area contributed by atoms with Crippen molar-refractivity contribution in [1.82, 2.24) is 0 Å². The molecule has 1 aromatic carbocycles. The average Bonchev–Trinajstić information content (AvgIpc) is 2.36. The van der Waals surface area contributed by atoms with E-state index in [0.717, 1.165) is 12.8 Å². The van der Waals surface area contributed by atoms with Crippen molar-refractivity contribution in [2.45, 2.75) is 39.0 Å². The fourth-order valence-electron chi connectivity index (χ4n) is 2.82. The number of carboxylic acid groups (broad SMARTS) is 1. The monoisotopic (exact) mass is 284 g/mol. The smallest absolute Gasteiger partial charge is 0.309 e. The van der Waals surface area contributed by atoms with Gasteiger partial charge in [-0.05, 0) is 61.8 Å². The molecule has 0 amide bonds. The van der Waals surface area contributed by atoms with Crippen molar-refractivity contribution >= 4 is 17.6 Å². The molecule has 2 nitrogen and oxygen atoms in total. The zero-order valence-electron chi connectivity index (χ0n) is 11.0. The van der Waals surface area contributed by atoms with Crippen molar-refractivity contribution in [3.63, 3.8) is 0 Å². The summed E-state index contributed by atoms with van der Waals surface area (Å²) in [5.41, 5.74) is -0.192. The van der Waals surface area contributed by atoms with Crippen LogP contribution in [0.3, 0.4) is 0 Å². The summed E-state index contributed by atoms with van der Waals surface area (Å²) in [6.45, 7) is 2.14. The lowest BCUT2D eigenvalue weighted by atomic mass is 9.68. The molecule has 1 saturated carbocycles. The fraction of sp³-hybridized carbons (Fsp3) is 0.533. The summed E-state index contributed by atoms with van der Waals surface area (Å²) >= 11 is 6.05. The molecule has 0 bridgehead atoms. The van der Waals surface area contributed by atoms with Crippen LogP contribution in [0.2, 0.25) is 5.02 Å². The van der Waals surface area contributed by atoms with Gasteiger partial charge in [0.05, 0.1) is 5.41 Å². The summed E-state index contributed by atoms with van der Waals surface area (Å²) in [5, 5.41) is 10.0. The Balaban J connectivity index is 2.26. The number of hydrogen-bond donors (Lipinski definition) is 1. The molecule has 0 saturated heterocycles. The van der Waals surface area contributed by atoms with Crippen molar-refractivity contribution in [2.24, 2.45) is 11.3 Å². The maximum absolute atomic E-state index is 13.3. The first kappa shape index (κ1) is 14.3. The van der Waals surface area contributed by atoms with Gasteiger partial charge >= 0.3 is 5.97 Å². The Labute approximate surface area is 117 Å². The molecule has 4 heteroatoms. The van der Waals surface area contributed by atoms with Crippen molar-refractivity contribution in [3.8, 4) is 0 Å². The number of benzene rings is 1. The number of carboxylic acids is 1. The van der Waals surface area contributed by atoms with Gasteiger partial charge in [0.25, 0.3) is 0 Å². The molecule has 0 aromatic heterocycles. The third-order valence-corrected chi connectivity index (χ3v) is 4.59. The van der Waals surface area contributed by atoms with E-state index < -0.39 is 11.4 Å². The molecule has 1 N–H and O–H groups in total. The molecule has 0 radical (unpaired) electrons. The Kier molecular flexibility index (Phi) is 4.14. The van der Waals surface area contributed by atoms with Crippen LogP contribution in [0.4, 0.5) is 4.39 Å². The number of hydrogen-bond acceptors (Lipinski definition) is 1. The van der Waals surface area contributed by atoms with Crippen molar-refractivity contribution in [3.05, 3.63) is 34.6 Å². The van der Waals surface area contributed by atoms with Crippen LogP contribution < -0.4 is 0 Å². The van der Waals surface area contributed by atoms with Gasteiger partial charge < -0.3 is 5.11 Å². The highest BCUT2D eigenvalue weighted by molar-refractivity contribution is 6.31. The zero-order valence-corrected chi connectivity index (χ0v) is 11.7. The lowest BCUT2D eigenvalue weighted by Gasteiger charge is -2.36. The van der Waals surface area contributed by atoms with E-state index in [1.54, 1.807) is 0 Å². The van der Waals surface area contributed by atoms with Crippen LogP contribution in [0.5, 0.6) is 0 Å². The molecule has 0 aliphatic heterocycles. The second-order valence-corrected chi connectivity index (χ2v) is 6.09. The Hall–Kier alpha value is -1.09. The van der Waals surface area contributed by atoms with Crippen LogP contribution in [-0.4, -0.2) is 11.1 Å². The van der Waals surface area contributed by atoms with Crippen LogP contribution in [-0.2, 0) is 11.2 Å². The van der Waals surface area contributed by atoms with Crippen LogP contribution in [0, 0.1) is 17.2 Å². The molecule has 0 heterocycles. The van der Waals surface area contributed by atoms with E-state index in [2.05, 4.69) is 6.92 Å². The quantitative estimate of drug-likeness (QED) is 0.898. The standard InChI is InChI=1S/C15H18ClFO2/c1-10-4-6-15(7-5-10,14(18)19)9-11-8-12(17)2-3-13(11)16/h2-3,8,10H,4-7,9H2,1H3,(H,18,19). The lowest BCUT2D eigenvalue weighted by Crippen LogP contribution is -2.37. The number of aliphatic carboxylic acids is 1. The summed E-state index contributed by atoms with van der Waals surface area (Å²) in [6.07, 6.45) is 3.39. The minimum absolute atomic E-state index is 0.311. The number of halogens is 2. The molecule has 104 valence electrons. The summed E-state index contributed by atoms with van der Waals surface area (Å²) in [7, 11) is 0. The molecule has 0 spiro atoms. The highest BCUT2D eigenvalue weighted by Crippen LogP contribution is 2.42. The van der Waals surface area contributed by atoms with E-state index >= 15 is 0 Å². The maximum atomic E-state index is 13.3. The second-order valence-electron chi connectivity index (χ2n) is 5.68. The Morgan fingerprint density at radius 1 is 1.47 bits per heavy atom. The Morgan fingerprint density at radius 2 is 2.11 bits per heavy atom. The van der Waals surface area contributed by atoms with E-state index in [4.69, 9.17) is 11.6 Å². The van der Waals surface area contributed by atoms with Crippen molar-refractivity contribution in [1.29, 1.82) is 0 Å². The highest BCUT2D eigenvalue weighted by Gasteiger charge is 2.41. The molecular formula is C15H18ClFO2. The van der Waals surface area contributed by atoms with E-state index in [1.165, 1.54) is 18.2 Å². The second kappa shape index (κ2) is 5.49. The van der Waals surface area contributed by atoms with E-state index in [0.29, 0.717) is 35.8 Å². The predicted molar refractivity (Wildman–Crippen MR) is 72.8 cm³/mol. The number of carbonyl (C=O) groups is 1. The van der Waals surface area contributed by atoms with Crippen LogP contribution >= 0.6 is 11.6 Å². The summed E-state index contributed by atoms with van der Waals surface area (Å²) in [6, 6.07) is 4.14. The topological polar surface area (TPSA) is 37.3 Å². The van der Waals surface area contributed by atoms with E-state index in [9.17, 15) is 14.3 Å². The first-order valence-electron chi connectivity index (χ1n) is 6.60. The van der Waals surface area contributed by atoms with Crippen LogP contribution in [0.1, 0.15) is 38.2 Å². The van der Waals surface area contributed by atoms with E-state index in [-0.39, 0.29) is 5.82 Å². The molecule has 2 rings (SSSR count). The Morgan fingerprint density at radius 3 is 2.68 bits per heavy atom. The molecule has 19 heavy (non-hydrogen) atoms. The SMILES string of the molecule is CC1CCC(Cc2cc(F)ccc2Cl)(C(=O)O)CC1. The van der Waals surface area contributed by atoms with Gasteiger partial charge in [0.15, 0.2) is 0 Å². The number of rotatable bonds is 3. The molecule has 0 atom stereocenters. The van der Waals surface area contributed by atoms with Crippen molar-refractivity contribution in [2.75, 3.05) is 0 Å². The maximum Gasteiger partial charge on any atom is 0.309 e. The van der Waals surface area contributed by atoms with Crippen LogP contribution in [0.15, 0.2) is 18.2 Å². The van der Waals surface area contributed by atoms with E-state index in [1.807, 2.05) is 0 Å². The molecular weight excluding hydrogens is 267 g/mol. The van der Waals surface area contributed by atoms with Gasteiger partial charge in [0.2, 0.25) is 0 Å². The molecule has 1 aliphatic carbocycles. The summed E-state index contributed by atoms with van der Waals surface area (Å²) in [4.78, 5) is 11.6. The van der Waals surface area contributed by atoms with Gasteiger partial charge in [0, 0.05) is 5.02 Å². The average molecular weight is 285 g/mol. The third kappa shape index (κ3) is 3.08. The first-order valence-corrected chi connectivity index (χ1v) is 6.98. The molecule has 1 aromatic rings. The molecule has 1 fully saturated rings. The lowest BCUT2D eigenvalue weighted by molar-refractivity contribution is -0.151. The van der Waals surface area contributed by atoms with Gasteiger partial charge in [0.1, 0.15) is 5.82 Å². The minimum Gasteiger partial charge on any atom is -0.481 e. The summed E-state index contributed by atoms with van der Waals surface area (Å²) < 4.78 is 13.3. The fourth-order valence-corrected chi connectivity index (χ4v) is 3.01. The van der Waals surface area contributed by atoms with Gasteiger partial charge in [-0.3, -0.25) is 4.79 Å². The van der Waals surface area contributed by atoms with Gasteiger partial charge in [-0.2, -0.15) is 0 Å². The zero-order chi connectivity index (χ0) is 14.0.